The zero-order valence-electron chi connectivity index (χ0n) is 25.0. The summed E-state index contributed by atoms with van der Waals surface area (Å²) in [5, 5.41) is 17.0. The Labute approximate surface area is 248 Å². The van der Waals surface area contributed by atoms with Crippen molar-refractivity contribution in [1.82, 2.24) is 10.2 Å². The van der Waals surface area contributed by atoms with Gasteiger partial charge in [-0.25, -0.2) is 4.79 Å². The number of ether oxygens (including phenoxy) is 1. The third-order valence-corrected chi connectivity index (χ3v) is 7.49. The number of nitrogens with one attached hydrogen (secondary N) is 2. The third-order valence-electron chi connectivity index (χ3n) is 7.49. The number of para-hydroxylation sites is 2. The summed E-state index contributed by atoms with van der Waals surface area (Å²) in [5.41, 5.74) is 2.50. The van der Waals surface area contributed by atoms with Gasteiger partial charge in [-0.2, -0.15) is 0 Å². The second-order valence-corrected chi connectivity index (χ2v) is 11.9. The average Bonchev–Trinajstić information content (AvgIpc) is 2.89. The van der Waals surface area contributed by atoms with Gasteiger partial charge in [-0.1, -0.05) is 66.7 Å². The van der Waals surface area contributed by atoms with Crippen LogP contribution in [0.3, 0.4) is 0 Å². The number of aromatic hydroxyl groups is 1. The van der Waals surface area contributed by atoms with Gasteiger partial charge in [0.05, 0.1) is 0 Å². The minimum absolute atomic E-state index is 0.0423. The van der Waals surface area contributed by atoms with Crippen LogP contribution in [0.2, 0.25) is 0 Å². The van der Waals surface area contributed by atoms with Crippen LogP contribution in [-0.2, 0) is 20.7 Å². The monoisotopic (exact) mass is 571 g/mol. The molecule has 1 fully saturated rings. The topological polar surface area (TPSA) is 108 Å². The molecule has 1 aliphatic carbocycles. The molecule has 3 aromatic carbocycles. The second kappa shape index (κ2) is 13.1. The van der Waals surface area contributed by atoms with Crippen molar-refractivity contribution in [1.29, 1.82) is 0 Å². The number of hydrogen-bond acceptors (Lipinski definition) is 5. The van der Waals surface area contributed by atoms with Crippen LogP contribution in [0, 0.1) is 13.8 Å². The van der Waals surface area contributed by atoms with Gasteiger partial charge in [0.1, 0.15) is 23.4 Å². The molecule has 42 heavy (non-hydrogen) atoms. The fourth-order valence-electron chi connectivity index (χ4n) is 5.10. The van der Waals surface area contributed by atoms with Gasteiger partial charge in [0.25, 0.3) is 5.91 Å². The molecule has 1 saturated carbocycles. The minimum atomic E-state index is -1.14. The van der Waals surface area contributed by atoms with Crippen molar-refractivity contribution in [3.05, 3.63) is 95.1 Å². The molecule has 4 rings (SSSR count). The molecule has 0 aromatic heterocycles. The number of nitrogens with zero attached hydrogens (tertiary/aromatic N) is 1. The van der Waals surface area contributed by atoms with Crippen LogP contribution in [-0.4, -0.2) is 45.6 Å². The molecule has 0 bridgehead atoms. The number of anilines is 1. The third kappa shape index (κ3) is 7.49. The number of hydrogen-bond donors (Lipinski definition) is 3. The lowest BCUT2D eigenvalue weighted by Crippen LogP contribution is -2.57. The van der Waals surface area contributed by atoms with Crippen LogP contribution in [0.4, 0.5) is 10.5 Å². The van der Waals surface area contributed by atoms with E-state index in [0.717, 1.165) is 17.5 Å². The van der Waals surface area contributed by atoms with Crippen molar-refractivity contribution in [2.45, 2.75) is 84.0 Å². The predicted molar refractivity (Wildman–Crippen MR) is 163 cm³/mol. The number of aryl methyl sites for hydroxylation is 2. The van der Waals surface area contributed by atoms with Crippen LogP contribution in [0.15, 0.2) is 72.8 Å². The van der Waals surface area contributed by atoms with Gasteiger partial charge in [0, 0.05) is 23.7 Å². The number of phenolic OH excluding ortho intramolecular Hbond substituents is 1. The maximum atomic E-state index is 14.6. The fourth-order valence-corrected chi connectivity index (χ4v) is 5.10. The molecule has 2 atom stereocenters. The average molecular weight is 572 g/mol. The number of rotatable bonds is 9. The summed E-state index contributed by atoms with van der Waals surface area (Å²) in [5.74, 6) is -0.902. The van der Waals surface area contributed by atoms with Gasteiger partial charge >= 0.3 is 6.09 Å². The molecule has 8 nitrogen and oxygen atoms in total. The van der Waals surface area contributed by atoms with E-state index in [0.29, 0.717) is 29.7 Å². The van der Waals surface area contributed by atoms with E-state index in [2.05, 4.69) is 10.6 Å². The normalized spacial score (nSPS) is 14.7. The zero-order chi connectivity index (χ0) is 30.4. The van der Waals surface area contributed by atoms with Crippen molar-refractivity contribution in [3.63, 3.8) is 0 Å². The van der Waals surface area contributed by atoms with E-state index < -0.39 is 35.6 Å². The quantitative estimate of drug-likeness (QED) is 0.283. The molecule has 222 valence electrons. The lowest BCUT2D eigenvalue weighted by Gasteiger charge is -2.43. The Morgan fingerprint density at radius 3 is 2.19 bits per heavy atom. The van der Waals surface area contributed by atoms with Crippen molar-refractivity contribution < 1.29 is 24.2 Å². The van der Waals surface area contributed by atoms with Gasteiger partial charge in [-0.15, -0.1) is 0 Å². The highest BCUT2D eigenvalue weighted by Gasteiger charge is 2.43. The van der Waals surface area contributed by atoms with E-state index in [1.54, 1.807) is 56.9 Å². The molecule has 2 unspecified atom stereocenters. The number of benzene rings is 3. The summed E-state index contributed by atoms with van der Waals surface area (Å²) in [7, 11) is 0. The van der Waals surface area contributed by atoms with Gasteiger partial charge < -0.3 is 25.4 Å². The summed E-state index contributed by atoms with van der Waals surface area (Å²) in [4.78, 5) is 43.3. The molecule has 1 aliphatic rings. The Bertz CT molecular complexity index is 1410. The molecule has 0 aliphatic heterocycles. The minimum Gasteiger partial charge on any atom is -0.507 e. The lowest BCUT2D eigenvalue weighted by molar-refractivity contribution is -0.145. The largest absolute Gasteiger partial charge is 0.507 e. The lowest BCUT2D eigenvalue weighted by atomic mass is 9.87. The van der Waals surface area contributed by atoms with Crippen molar-refractivity contribution in [2.24, 2.45) is 0 Å². The SMILES string of the molecule is Cc1ccccc1NC(=O)C(c1cccc(C)c1O)N(C(=O)C(Cc1ccccc1)NC(=O)OC(C)(C)C)C1CCC1. The van der Waals surface area contributed by atoms with Gasteiger partial charge in [-0.05, 0) is 76.6 Å². The van der Waals surface area contributed by atoms with Crippen LogP contribution < -0.4 is 10.6 Å². The highest BCUT2D eigenvalue weighted by molar-refractivity contribution is 6.00. The molecular weight excluding hydrogens is 530 g/mol. The van der Waals surface area contributed by atoms with Gasteiger partial charge in [0.2, 0.25) is 5.91 Å². The van der Waals surface area contributed by atoms with Crippen molar-refractivity contribution >= 4 is 23.6 Å². The zero-order valence-corrected chi connectivity index (χ0v) is 25.0. The van der Waals surface area contributed by atoms with E-state index >= 15 is 0 Å². The van der Waals surface area contributed by atoms with Crippen LogP contribution in [0.5, 0.6) is 5.75 Å². The number of phenols is 1. The van der Waals surface area contributed by atoms with Crippen LogP contribution >= 0.6 is 0 Å². The molecule has 3 N–H and O–H groups in total. The first-order valence-electron chi connectivity index (χ1n) is 14.4. The van der Waals surface area contributed by atoms with Gasteiger partial charge in [-0.3, -0.25) is 9.59 Å². The first-order chi connectivity index (χ1) is 19.9. The first-order valence-corrected chi connectivity index (χ1v) is 14.4. The molecule has 0 radical (unpaired) electrons. The Hall–Kier alpha value is -4.33. The number of carbonyl (C=O) groups is 3. The smallest absolute Gasteiger partial charge is 0.408 e. The summed E-state index contributed by atoms with van der Waals surface area (Å²) in [6.07, 6.45) is 1.80. The number of amides is 3. The second-order valence-electron chi connectivity index (χ2n) is 11.9. The maximum Gasteiger partial charge on any atom is 0.408 e. The summed E-state index contributed by atoms with van der Waals surface area (Å²) >= 11 is 0. The van der Waals surface area contributed by atoms with Crippen LogP contribution in [0.25, 0.3) is 0 Å². The molecular formula is C34H41N3O5. The Kier molecular flexibility index (Phi) is 9.55. The Morgan fingerprint density at radius 2 is 1.57 bits per heavy atom. The summed E-state index contributed by atoms with van der Waals surface area (Å²) < 4.78 is 5.52. The van der Waals surface area contributed by atoms with E-state index in [9.17, 15) is 19.5 Å². The maximum absolute atomic E-state index is 14.6. The van der Waals surface area contributed by atoms with Crippen molar-refractivity contribution in [2.75, 3.05) is 5.32 Å². The van der Waals surface area contributed by atoms with E-state index in [-0.39, 0.29) is 18.2 Å². The highest BCUT2D eigenvalue weighted by atomic mass is 16.6. The summed E-state index contributed by atoms with van der Waals surface area (Å²) in [6.45, 7) is 8.92. The van der Waals surface area contributed by atoms with E-state index in [4.69, 9.17) is 4.74 Å². The Morgan fingerprint density at radius 1 is 0.929 bits per heavy atom. The van der Waals surface area contributed by atoms with E-state index in [1.807, 2.05) is 55.5 Å². The first kappa shape index (κ1) is 30.6. The number of alkyl carbamates (subject to hydrolysis) is 1. The molecule has 8 heteroatoms. The molecule has 3 amide bonds. The molecule has 0 spiro atoms. The highest BCUT2D eigenvalue weighted by Crippen LogP contribution is 2.38. The van der Waals surface area contributed by atoms with Gasteiger partial charge in [0.15, 0.2) is 0 Å². The van der Waals surface area contributed by atoms with Crippen molar-refractivity contribution in [3.8, 4) is 5.75 Å². The Balaban J connectivity index is 1.78. The molecule has 0 saturated heterocycles. The number of carbonyl (C=O) groups excluding carboxylic acids is 3. The standard InChI is InChI=1S/C34H41N3O5/c1-22-13-9-10-20-27(22)35-31(39)29(26-19-11-14-23(2)30(26)38)37(25-17-12-18-25)32(40)28(21-24-15-7-6-8-16-24)36-33(41)42-34(3,4)5/h6-11,13-16,19-20,25,28-29,38H,12,17-18,21H2,1-5H3,(H,35,39)(H,36,41). The van der Waals surface area contributed by atoms with Crippen LogP contribution in [0.1, 0.15) is 68.3 Å². The molecule has 0 heterocycles. The summed E-state index contributed by atoms with van der Waals surface area (Å²) in [6, 6.07) is 19.6. The molecule has 3 aromatic rings. The predicted octanol–water partition coefficient (Wildman–Crippen LogP) is 6.21. The fraction of sp³-hybridized carbons (Fsp3) is 0.382. The van der Waals surface area contributed by atoms with E-state index in [1.165, 1.54) is 0 Å².